The highest BCUT2D eigenvalue weighted by Crippen LogP contribution is 2.34. The lowest BCUT2D eigenvalue weighted by Gasteiger charge is -2.32. The number of thiazole rings is 1. The van der Waals surface area contributed by atoms with Crippen LogP contribution in [0.3, 0.4) is 0 Å². The largest absolute Gasteiger partial charge is 0.348 e. The van der Waals surface area contributed by atoms with E-state index in [4.69, 9.17) is 16.6 Å². The van der Waals surface area contributed by atoms with E-state index in [1.165, 1.54) is 6.07 Å². The third kappa shape index (κ3) is 4.81. The van der Waals surface area contributed by atoms with Crippen LogP contribution in [0.15, 0.2) is 34.5 Å². The van der Waals surface area contributed by atoms with E-state index in [0.29, 0.717) is 37.2 Å². The van der Waals surface area contributed by atoms with Gasteiger partial charge in [-0.1, -0.05) is 23.7 Å². The summed E-state index contributed by atoms with van der Waals surface area (Å²) in [6.07, 6.45) is 1.74. The van der Waals surface area contributed by atoms with Crippen molar-refractivity contribution in [2.24, 2.45) is 0 Å². The third-order valence-corrected chi connectivity index (χ3v) is 10.4. The van der Waals surface area contributed by atoms with E-state index in [-0.39, 0.29) is 10.3 Å². The molecule has 0 bridgehead atoms. The molecule has 0 atom stereocenters. The molecular formula is C25H28ClFN2O2S2. The Morgan fingerprint density at radius 2 is 1.73 bits per heavy atom. The number of piperidine rings is 1. The van der Waals surface area contributed by atoms with Crippen molar-refractivity contribution in [1.29, 1.82) is 0 Å². The summed E-state index contributed by atoms with van der Waals surface area (Å²) in [6, 6.07) is 6.78. The number of sulfone groups is 1. The van der Waals surface area contributed by atoms with E-state index in [1.807, 2.05) is 33.1 Å². The van der Waals surface area contributed by atoms with Crippen molar-refractivity contribution in [3.8, 4) is 0 Å². The summed E-state index contributed by atoms with van der Waals surface area (Å²) in [5.41, 5.74) is 5.58. The zero-order valence-corrected chi connectivity index (χ0v) is 21.7. The fraction of sp³-hybridized carbons (Fsp3) is 0.400. The predicted octanol–water partition coefficient (Wildman–Crippen LogP) is 6.20. The molecule has 1 fully saturated rings. The summed E-state index contributed by atoms with van der Waals surface area (Å²) in [7, 11) is -3.40. The number of benzene rings is 2. The Morgan fingerprint density at radius 3 is 2.33 bits per heavy atom. The van der Waals surface area contributed by atoms with Crippen LogP contribution in [0, 0.1) is 33.5 Å². The molecule has 2 aromatic carbocycles. The van der Waals surface area contributed by atoms with Gasteiger partial charge in [0, 0.05) is 24.9 Å². The lowest BCUT2D eigenvalue weighted by atomic mass is 10.0. The third-order valence-electron chi connectivity index (χ3n) is 6.64. The Labute approximate surface area is 204 Å². The van der Waals surface area contributed by atoms with Crippen molar-refractivity contribution in [2.45, 2.75) is 57.1 Å². The van der Waals surface area contributed by atoms with Gasteiger partial charge in [-0.15, -0.1) is 11.3 Å². The molecule has 1 saturated heterocycles. The van der Waals surface area contributed by atoms with Gasteiger partial charge in [-0.2, -0.15) is 0 Å². The topological polar surface area (TPSA) is 50.3 Å². The van der Waals surface area contributed by atoms with Gasteiger partial charge in [0.05, 0.1) is 20.9 Å². The SMILES string of the molecule is Cc1cc(C)c(C)c(S(=O)(=O)C2CCN(c3nc(Cc4ccc(F)c(Cl)c4)cs3)CC2)c1C. The summed E-state index contributed by atoms with van der Waals surface area (Å²) in [6.45, 7) is 9.08. The van der Waals surface area contributed by atoms with Crippen LogP contribution in [0.4, 0.5) is 9.52 Å². The Morgan fingerprint density at radius 1 is 1.09 bits per heavy atom. The summed E-state index contributed by atoms with van der Waals surface area (Å²) in [5, 5.41) is 2.62. The van der Waals surface area contributed by atoms with Crippen LogP contribution >= 0.6 is 22.9 Å². The average Bonchev–Trinajstić information content (AvgIpc) is 3.23. The predicted molar refractivity (Wildman–Crippen MR) is 134 cm³/mol. The summed E-state index contributed by atoms with van der Waals surface area (Å²) in [5.74, 6) is -0.427. The Balaban J connectivity index is 1.46. The molecule has 4 rings (SSSR count). The second-order valence-electron chi connectivity index (χ2n) is 8.87. The van der Waals surface area contributed by atoms with Crippen LogP contribution < -0.4 is 4.90 Å². The maximum absolute atomic E-state index is 13.6. The zero-order valence-electron chi connectivity index (χ0n) is 19.3. The molecule has 0 spiro atoms. The molecule has 4 nitrogen and oxygen atoms in total. The van der Waals surface area contributed by atoms with Crippen molar-refractivity contribution in [2.75, 3.05) is 18.0 Å². The van der Waals surface area contributed by atoms with Gasteiger partial charge < -0.3 is 4.90 Å². The van der Waals surface area contributed by atoms with Crippen molar-refractivity contribution in [1.82, 2.24) is 4.98 Å². The molecule has 3 aromatic rings. The first-order chi connectivity index (χ1) is 15.6. The molecule has 1 aliphatic heterocycles. The molecular weight excluding hydrogens is 479 g/mol. The zero-order chi connectivity index (χ0) is 23.9. The molecule has 0 saturated carbocycles. The minimum absolute atomic E-state index is 0.112. The molecule has 2 heterocycles. The van der Waals surface area contributed by atoms with E-state index < -0.39 is 15.7 Å². The average molecular weight is 507 g/mol. The quantitative estimate of drug-likeness (QED) is 0.413. The molecule has 0 amide bonds. The number of aryl methyl sites for hydroxylation is 2. The van der Waals surface area contributed by atoms with Crippen LogP contribution in [-0.2, 0) is 16.3 Å². The van der Waals surface area contributed by atoms with Gasteiger partial charge in [0.2, 0.25) is 0 Å². The minimum Gasteiger partial charge on any atom is -0.348 e. The van der Waals surface area contributed by atoms with Gasteiger partial charge in [-0.05, 0) is 80.5 Å². The monoisotopic (exact) mass is 506 g/mol. The van der Waals surface area contributed by atoms with Crippen molar-refractivity contribution in [3.63, 3.8) is 0 Å². The number of rotatable bonds is 5. The molecule has 33 heavy (non-hydrogen) atoms. The molecule has 1 aromatic heterocycles. The molecule has 176 valence electrons. The number of nitrogens with zero attached hydrogens (tertiary/aromatic N) is 2. The van der Waals surface area contributed by atoms with Crippen LogP contribution in [-0.4, -0.2) is 31.7 Å². The number of halogens is 2. The van der Waals surface area contributed by atoms with Gasteiger partial charge in [0.15, 0.2) is 15.0 Å². The molecule has 0 N–H and O–H groups in total. The first-order valence-corrected chi connectivity index (χ1v) is 13.8. The van der Waals surface area contributed by atoms with Crippen molar-refractivity contribution >= 4 is 37.9 Å². The molecule has 1 aliphatic rings. The molecule has 0 radical (unpaired) electrons. The first kappa shape index (κ1) is 24.2. The fourth-order valence-electron chi connectivity index (χ4n) is 4.51. The number of aromatic nitrogens is 1. The van der Waals surface area contributed by atoms with E-state index in [0.717, 1.165) is 38.6 Å². The molecule has 0 aliphatic carbocycles. The highest BCUT2D eigenvalue weighted by molar-refractivity contribution is 7.92. The summed E-state index contributed by atoms with van der Waals surface area (Å²) < 4.78 is 40.5. The normalized spacial score (nSPS) is 15.3. The number of anilines is 1. The van der Waals surface area contributed by atoms with E-state index in [9.17, 15) is 12.8 Å². The van der Waals surface area contributed by atoms with E-state index in [1.54, 1.807) is 23.5 Å². The number of hydrogen-bond acceptors (Lipinski definition) is 5. The summed E-state index contributed by atoms with van der Waals surface area (Å²) in [4.78, 5) is 7.42. The Bertz CT molecular complexity index is 1270. The second kappa shape index (κ2) is 9.35. The smallest absolute Gasteiger partial charge is 0.185 e. The second-order valence-corrected chi connectivity index (χ2v) is 12.3. The van der Waals surface area contributed by atoms with E-state index in [2.05, 4.69) is 11.0 Å². The van der Waals surface area contributed by atoms with Gasteiger partial charge in [-0.3, -0.25) is 0 Å². The standard InChI is InChI=1S/C25H28ClFN2O2S2/c1-15-11-16(2)18(4)24(17(15)3)33(30,31)21-7-9-29(10-8-21)25-28-20(14-32-25)12-19-5-6-23(27)22(26)13-19/h5-6,11,13-14,21H,7-10,12H2,1-4H3. The summed E-state index contributed by atoms with van der Waals surface area (Å²) >= 11 is 7.44. The molecule has 8 heteroatoms. The first-order valence-electron chi connectivity index (χ1n) is 11.0. The van der Waals surface area contributed by atoms with E-state index >= 15 is 0 Å². The van der Waals surface area contributed by atoms with Crippen LogP contribution in [0.25, 0.3) is 0 Å². The maximum atomic E-state index is 13.6. The van der Waals surface area contributed by atoms with Crippen molar-refractivity contribution in [3.05, 3.63) is 74.0 Å². The number of hydrogen-bond donors (Lipinski definition) is 0. The minimum atomic E-state index is -3.40. The molecule has 0 unspecified atom stereocenters. The lowest BCUT2D eigenvalue weighted by Crippen LogP contribution is -2.39. The Hall–Kier alpha value is -1.96. The van der Waals surface area contributed by atoms with Crippen LogP contribution in [0.5, 0.6) is 0 Å². The van der Waals surface area contributed by atoms with Gasteiger partial charge >= 0.3 is 0 Å². The Kier molecular flexibility index (Phi) is 6.85. The van der Waals surface area contributed by atoms with Gasteiger partial charge in [-0.25, -0.2) is 17.8 Å². The van der Waals surface area contributed by atoms with Crippen LogP contribution in [0.2, 0.25) is 5.02 Å². The van der Waals surface area contributed by atoms with Crippen molar-refractivity contribution < 1.29 is 12.8 Å². The highest BCUT2D eigenvalue weighted by Gasteiger charge is 2.34. The fourth-order valence-corrected chi connectivity index (χ4v) is 7.94. The maximum Gasteiger partial charge on any atom is 0.185 e. The highest BCUT2D eigenvalue weighted by atomic mass is 35.5. The lowest BCUT2D eigenvalue weighted by molar-refractivity contribution is 0.528. The van der Waals surface area contributed by atoms with Gasteiger partial charge in [0.1, 0.15) is 5.82 Å². The van der Waals surface area contributed by atoms with Gasteiger partial charge in [0.25, 0.3) is 0 Å². The van der Waals surface area contributed by atoms with Crippen LogP contribution in [0.1, 0.15) is 46.4 Å².